The standard InChI is InChI=1S/C21H23BrCl2N2O2S/c1-3-25-21(28)14(2)26(11-15-4-7-17(22)8-5-15)20(27)13-29-12-16-6-9-18(23)19(24)10-16/h4-10,14H,3,11-13H2,1-2H3,(H,25,28)/t14-/m0/s1. The molecule has 2 amide bonds. The molecule has 4 nitrogen and oxygen atoms in total. The third kappa shape index (κ3) is 7.52. The largest absolute Gasteiger partial charge is 0.355 e. The minimum atomic E-state index is -0.559. The van der Waals surface area contributed by atoms with Gasteiger partial charge in [0, 0.05) is 23.3 Å². The van der Waals surface area contributed by atoms with Gasteiger partial charge in [-0.3, -0.25) is 9.59 Å². The summed E-state index contributed by atoms with van der Waals surface area (Å²) in [5.74, 6) is 0.648. The SMILES string of the molecule is CCNC(=O)[C@H](C)N(Cc1ccc(Br)cc1)C(=O)CSCc1ccc(Cl)c(Cl)c1. The molecule has 0 saturated carbocycles. The van der Waals surface area contributed by atoms with Crippen molar-refractivity contribution in [2.45, 2.75) is 32.2 Å². The van der Waals surface area contributed by atoms with Crippen LogP contribution < -0.4 is 5.32 Å². The first-order valence-electron chi connectivity index (χ1n) is 9.15. The van der Waals surface area contributed by atoms with Crippen LogP contribution in [-0.2, 0) is 21.9 Å². The predicted molar refractivity (Wildman–Crippen MR) is 125 cm³/mol. The Hall–Kier alpha value is -1.21. The van der Waals surface area contributed by atoms with E-state index in [4.69, 9.17) is 23.2 Å². The summed E-state index contributed by atoms with van der Waals surface area (Å²) >= 11 is 16.9. The van der Waals surface area contributed by atoms with Gasteiger partial charge >= 0.3 is 0 Å². The van der Waals surface area contributed by atoms with Gasteiger partial charge in [0.1, 0.15) is 6.04 Å². The molecule has 2 aromatic rings. The van der Waals surface area contributed by atoms with Crippen LogP contribution in [0.4, 0.5) is 0 Å². The molecule has 1 N–H and O–H groups in total. The number of amides is 2. The highest BCUT2D eigenvalue weighted by molar-refractivity contribution is 9.10. The molecule has 0 aromatic heterocycles. The van der Waals surface area contributed by atoms with Crippen molar-refractivity contribution in [2.75, 3.05) is 12.3 Å². The van der Waals surface area contributed by atoms with E-state index in [1.165, 1.54) is 11.8 Å². The van der Waals surface area contributed by atoms with Crippen LogP contribution in [0.1, 0.15) is 25.0 Å². The minimum Gasteiger partial charge on any atom is -0.355 e. The van der Waals surface area contributed by atoms with Crippen LogP contribution >= 0.6 is 50.9 Å². The van der Waals surface area contributed by atoms with E-state index in [0.29, 0.717) is 28.9 Å². The van der Waals surface area contributed by atoms with E-state index in [2.05, 4.69) is 21.2 Å². The second-order valence-electron chi connectivity index (χ2n) is 6.46. The molecule has 1 atom stereocenters. The van der Waals surface area contributed by atoms with Gasteiger partial charge in [0.25, 0.3) is 0 Å². The normalized spacial score (nSPS) is 11.8. The summed E-state index contributed by atoms with van der Waals surface area (Å²) in [6.07, 6.45) is 0. The molecule has 2 aromatic carbocycles. The smallest absolute Gasteiger partial charge is 0.242 e. The molecule has 0 heterocycles. The monoisotopic (exact) mass is 516 g/mol. The minimum absolute atomic E-state index is 0.0864. The molecule has 0 radical (unpaired) electrons. The highest BCUT2D eigenvalue weighted by atomic mass is 79.9. The second kappa shape index (κ2) is 11.8. The van der Waals surface area contributed by atoms with Gasteiger partial charge in [0.05, 0.1) is 15.8 Å². The van der Waals surface area contributed by atoms with Crippen LogP contribution in [0.5, 0.6) is 0 Å². The van der Waals surface area contributed by atoms with Crippen molar-refractivity contribution in [3.05, 3.63) is 68.1 Å². The molecule has 2 rings (SSSR count). The molecule has 8 heteroatoms. The molecule has 0 spiro atoms. The Morgan fingerprint density at radius 3 is 2.38 bits per heavy atom. The zero-order chi connectivity index (χ0) is 21.4. The van der Waals surface area contributed by atoms with E-state index in [-0.39, 0.29) is 17.6 Å². The third-order valence-corrected chi connectivity index (χ3v) is 6.52. The topological polar surface area (TPSA) is 49.4 Å². The number of benzene rings is 2. The average molecular weight is 518 g/mol. The first-order valence-corrected chi connectivity index (χ1v) is 11.9. The lowest BCUT2D eigenvalue weighted by atomic mass is 10.1. The van der Waals surface area contributed by atoms with Crippen LogP contribution in [0.3, 0.4) is 0 Å². The maximum atomic E-state index is 12.9. The van der Waals surface area contributed by atoms with Crippen LogP contribution in [0.25, 0.3) is 0 Å². The number of hydrogen-bond donors (Lipinski definition) is 1. The molecule has 0 aliphatic rings. The number of nitrogens with zero attached hydrogens (tertiary/aromatic N) is 1. The van der Waals surface area contributed by atoms with Crippen molar-refractivity contribution in [1.82, 2.24) is 10.2 Å². The van der Waals surface area contributed by atoms with Crippen molar-refractivity contribution in [2.24, 2.45) is 0 Å². The third-order valence-electron chi connectivity index (χ3n) is 4.26. The first-order chi connectivity index (χ1) is 13.8. The van der Waals surface area contributed by atoms with Crippen molar-refractivity contribution in [3.63, 3.8) is 0 Å². The van der Waals surface area contributed by atoms with E-state index in [0.717, 1.165) is 15.6 Å². The lowest BCUT2D eigenvalue weighted by molar-refractivity contribution is -0.138. The molecular weight excluding hydrogens is 495 g/mol. The van der Waals surface area contributed by atoms with Gasteiger partial charge in [0.2, 0.25) is 11.8 Å². The highest BCUT2D eigenvalue weighted by Crippen LogP contribution is 2.25. The molecule has 156 valence electrons. The Morgan fingerprint density at radius 2 is 1.76 bits per heavy atom. The van der Waals surface area contributed by atoms with Crippen LogP contribution in [0.2, 0.25) is 10.0 Å². The Balaban J connectivity index is 2.05. The van der Waals surface area contributed by atoms with Gasteiger partial charge in [-0.05, 0) is 49.2 Å². The maximum Gasteiger partial charge on any atom is 0.242 e. The predicted octanol–water partition coefficient (Wildman–Crippen LogP) is 5.54. The van der Waals surface area contributed by atoms with Crippen molar-refractivity contribution in [1.29, 1.82) is 0 Å². The molecule has 0 bridgehead atoms. The fourth-order valence-electron chi connectivity index (χ4n) is 2.66. The summed E-state index contributed by atoms with van der Waals surface area (Å²) in [7, 11) is 0. The molecule has 0 fully saturated rings. The van der Waals surface area contributed by atoms with Crippen molar-refractivity contribution >= 4 is 62.7 Å². The van der Waals surface area contributed by atoms with E-state index in [1.54, 1.807) is 24.0 Å². The molecule has 29 heavy (non-hydrogen) atoms. The Bertz CT molecular complexity index is 849. The molecule has 0 saturated heterocycles. The number of carbonyl (C=O) groups is 2. The number of likely N-dealkylation sites (N-methyl/N-ethyl adjacent to an activating group) is 1. The average Bonchev–Trinajstić information content (AvgIpc) is 2.69. The quantitative estimate of drug-likeness (QED) is 0.474. The molecular formula is C21H23BrCl2N2O2S. The van der Waals surface area contributed by atoms with Crippen LogP contribution in [0, 0.1) is 0 Å². The number of carbonyl (C=O) groups excluding carboxylic acids is 2. The zero-order valence-corrected chi connectivity index (χ0v) is 20.2. The first kappa shape index (κ1) is 24.1. The van der Waals surface area contributed by atoms with E-state index < -0.39 is 6.04 Å². The zero-order valence-electron chi connectivity index (χ0n) is 16.3. The number of hydrogen-bond acceptors (Lipinski definition) is 3. The van der Waals surface area contributed by atoms with Gasteiger partial charge in [-0.25, -0.2) is 0 Å². The number of rotatable bonds is 9. The van der Waals surface area contributed by atoms with Gasteiger partial charge in [-0.1, -0.05) is 57.3 Å². The number of halogens is 3. The molecule has 0 aliphatic heterocycles. The van der Waals surface area contributed by atoms with Crippen LogP contribution in [0.15, 0.2) is 46.9 Å². The van der Waals surface area contributed by atoms with Gasteiger partial charge < -0.3 is 10.2 Å². The Kier molecular flexibility index (Phi) is 9.83. The van der Waals surface area contributed by atoms with Gasteiger partial charge in [0.15, 0.2) is 0 Å². The second-order valence-corrected chi connectivity index (χ2v) is 9.18. The van der Waals surface area contributed by atoms with E-state index >= 15 is 0 Å². The lowest BCUT2D eigenvalue weighted by Gasteiger charge is -2.28. The fraction of sp³-hybridized carbons (Fsp3) is 0.333. The molecule has 0 unspecified atom stereocenters. The lowest BCUT2D eigenvalue weighted by Crippen LogP contribution is -2.48. The Morgan fingerprint density at radius 1 is 1.10 bits per heavy atom. The maximum absolute atomic E-state index is 12.9. The summed E-state index contributed by atoms with van der Waals surface area (Å²) in [6, 6.07) is 12.6. The molecule has 0 aliphatic carbocycles. The van der Waals surface area contributed by atoms with Crippen LogP contribution in [-0.4, -0.2) is 35.1 Å². The summed E-state index contributed by atoms with van der Waals surface area (Å²) in [4.78, 5) is 26.9. The summed E-state index contributed by atoms with van der Waals surface area (Å²) < 4.78 is 0.966. The summed E-state index contributed by atoms with van der Waals surface area (Å²) in [5.41, 5.74) is 1.96. The van der Waals surface area contributed by atoms with E-state index in [9.17, 15) is 9.59 Å². The van der Waals surface area contributed by atoms with Crippen molar-refractivity contribution in [3.8, 4) is 0 Å². The Labute approximate surface area is 194 Å². The fourth-order valence-corrected chi connectivity index (χ4v) is 4.10. The highest BCUT2D eigenvalue weighted by Gasteiger charge is 2.25. The number of thioether (sulfide) groups is 1. The van der Waals surface area contributed by atoms with Crippen molar-refractivity contribution < 1.29 is 9.59 Å². The van der Waals surface area contributed by atoms with E-state index in [1.807, 2.05) is 37.3 Å². The number of nitrogens with one attached hydrogen (secondary N) is 1. The summed E-state index contributed by atoms with van der Waals surface area (Å²) in [6.45, 7) is 4.51. The summed E-state index contributed by atoms with van der Waals surface area (Å²) in [5, 5.41) is 3.80. The van der Waals surface area contributed by atoms with Gasteiger partial charge in [-0.2, -0.15) is 0 Å². The van der Waals surface area contributed by atoms with Gasteiger partial charge in [-0.15, -0.1) is 11.8 Å².